The second kappa shape index (κ2) is 7.39. The Labute approximate surface area is 139 Å². The van der Waals surface area contributed by atoms with Crippen molar-refractivity contribution < 1.29 is 14.6 Å². The highest BCUT2D eigenvalue weighted by Gasteiger charge is 2.56. The number of carbonyl (C=O) groups excluding carboxylic acids is 1. The quantitative estimate of drug-likeness (QED) is 0.744. The summed E-state index contributed by atoms with van der Waals surface area (Å²) < 4.78 is 5.95. The van der Waals surface area contributed by atoms with Crippen molar-refractivity contribution in [1.82, 2.24) is 10.6 Å². The van der Waals surface area contributed by atoms with Crippen LogP contribution in [0.5, 0.6) is 0 Å². The molecule has 5 heteroatoms. The van der Waals surface area contributed by atoms with Crippen LogP contribution >= 0.6 is 0 Å². The standard InChI is InChI=1S/C18H32N2O3/c1-2-23-16-12-15(18(16)10-4-3-5-11-18)20-17(22)19-13-6-8-14(21)9-7-13/h13-16,21H,2-12H2,1H3,(H2,19,20,22). The average Bonchev–Trinajstić information content (AvgIpc) is 2.57. The maximum Gasteiger partial charge on any atom is 0.315 e. The summed E-state index contributed by atoms with van der Waals surface area (Å²) in [7, 11) is 0. The minimum Gasteiger partial charge on any atom is -0.393 e. The number of amides is 2. The molecule has 3 N–H and O–H groups in total. The number of carbonyl (C=O) groups is 1. The number of aliphatic hydroxyl groups excluding tert-OH is 1. The zero-order valence-electron chi connectivity index (χ0n) is 14.4. The fourth-order valence-corrected chi connectivity index (χ4v) is 4.87. The van der Waals surface area contributed by atoms with E-state index in [9.17, 15) is 9.90 Å². The normalized spacial score (nSPS) is 36.3. The van der Waals surface area contributed by atoms with Crippen molar-refractivity contribution in [1.29, 1.82) is 0 Å². The maximum atomic E-state index is 12.4. The van der Waals surface area contributed by atoms with E-state index in [4.69, 9.17) is 4.74 Å². The van der Waals surface area contributed by atoms with Crippen LogP contribution in [0.3, 0.4) is 0 Å². The molecule has 1 spiro atoms. The van der Waals surface area contributed by atoms with Crippen LogP contribution in [0.4, 0.5) is 4.79 Å². The Morgan fingerprint density at radius 3 is 2.48 bits per heavy atom. The Bertz CT molecular complexity index is 401. The average molecular weight is 324 g/mol. The van der Waals surface area contributed by atoms with Gasteiger partial charge in [0.2, 0.25) is 0 Å². The van der Waals surface area contributed by atoms with Crippen LogP contribution in [0, 0.1) is 5.41 Å². The van der Waals surface area contributed by atoms with Crippen molar-refractivity contribution >= 4 is 6.03 Å². The highest BCUT2D eigenvalue weighted by atomic mass is 16.5. The summed E-state index contributed by atoms with van der Waals surface area (Å²) in [6.45, 7) is 2.82. The number of urea groups is 1. The van der Waals surface area contributed by atoms with E-state index in [1.54, 1.807) is 0 Å². The predicted octanol–water partition coefficient (Wildman–Crippen LogP) is 2.72. The van der Waals surface area contributed by atoms with Gasteiger partial charge in [0.25, 0.3) is 0 Å². The molecule has 132 valence electrons. The van der Waals surface area contributed by atoms with Gasteiger partial charge >= 0.3 is 6.03 Å². The zero-order chi connectivity index (χ0) is 16.3. The lowest BCUT2D eigenvalue weighted by atomic mass is 9.55. The van der Waals surface area contributed by atoms with Gasteiger partial charge in [-0.05, 0) is 51.9 Å². The van der Waals surface area contributed by atoms with Gasteiger partial charge in [0.15, 0.2) is 0 Å². The van der Waals surface area contributed by atoms with Crippen molar-refractivity contribution in [2.24, 2.45) is 5.41 Å². The predicted molar refractivity (Wildman–Crippen MR) is 89.3 cm³/mol. The van der Waals surface area contributed by atoms with Gasteiger partial charge < -0.3 is 20.5 Å². The second-order valence-corrected chi connectivity index (χ2v) is 7.65. The SMILES string of the molecule is CCOC1CC(NC(=O)NC2CCC(O)CC2)C12CCCCC2. The van der Waals surface area contributed by atoms with Crippen LogP contribution < -0.4 is 10.6 Å². The summed E-state index contributed by atoms with van der Waals surface area (Å²) in [4.78, 5) is 12.4. The first-order chi connectivity index (χ1) is 11.1. The number of nitrogens with one attached hydrogen (secondary N) is 2. The molecule has 0 aromatic carbocycles. The van der Waals surface area contributed by atoms with Crippen molar-refractivity contribution in [3.63, 3.8) is 0 Å². The molecule has 0 radical (unpaired) electrons. The molecule has 0 saturated heterocycles. The lowest BCUT2D eigenvalue weighted by Gasteiger charge is -2.57. The first-order valence-electron chi connectivity index (χ1n) is 9.51. The van der Waals surface area contributed by atoms with Crippen molar-refractivity contribution in [2.45, 2.75) is 95.4 Å². The van der Waals surface area contributed by atoms with E-state index in [1.807, 2.05) is 0 Å². The summed E-state index contributed by atoms with van der Waals surface area (Å²) in [6, 6.07) is 0.438. The smallest absolute Gasteiger partial charge is 0.315 e. The van der Waals surface area contributed by atoms with Gasteiger partial charge in [0.05, 0.1) is 12.2 Å². The summed E-state index contributed by atoms with van der Waals surface area (Å²) in [5.41, 5.74) is 0.175. The van der Waals surface area contributed by atoms with E-state index in [1.165, 1.54) is 32.1 Å². The molecule has 3 aliphatic carbocycles. The van der Waals surface area contributed by atoms with Crippen LogP contribution in [0.15, 0.2) is 0 Å². The number of ether oxygens (including phenoxy) is 1. The van der Waals surface area contributed by atoms with Crippen LogP contribution in [-0.2, 0) is 4.74 Å². The Morgan fingerprint density at radius 1 is 1.13 bits per heavy atom. The summed E-state index contributed by atoms with van der Waals surface area (Å²) >= 11 is 0. The van der Waals surface area contributed by atoms with Crippen LogP contribution in [0.1, 0.15) is 71.1 Å². The van der Waals surface area contributed by atoms with E-state index in [2.05, 4.69) is 17.6 Å². The zero-order valence-corrected chi connectivity index (χ0v) is 14.4. The minimum absolute atomic E-state index is 0.0312. The Kier molecular flexibility index (Phi) is 5.47. The second-order valence-electron chi connectivity index (χ2n) is 7.65. The lowest BCUT2D eigenvalue weighted by Crippen LogP contribution is -2.66. The van der Waals surface area contributed by atoms with Crippen molar-refractivity contribution in [3.05, 3.63) is 0 Å². The monoisotopic (exact) mass is 324 g/mol. The van der Waals surface area contributed by atoms with Crippen molar-refractivity contribution in [3.8, 4) is 0 Å². The third kappa shape index (κ3) is 3.66. The van der Waals surface area contributed by atoms with E-state index < -0.39 is 0 Å². The van der Waals surface area contributed by atoms with E-state index >= 15 is 0 Å². The van der Waals surface area contributed by atoms with Gasteiger partial charge in [-0.25, -0.2) is 4.79 Å². The first-order valence-corrected chi connectivity index (χ1v) is 9.51. The van der Waals surface area contributed by atoms with Crippen LogP contribution in [0.2, 0.25) is 0 Å². The molecule has 0 aliphatic heterocycles. The van der Waals surface area contributed by atoms with Gasteiger partial charge in [-0.1, -0.05) is 19.3 Å². The molecule has 0 bridgehead atoms. The molecule has 0 aromatic rings. The molecule has 2 unspecified atom stereocenters. The fraction of sp³-hybridized carbons (Fsp3) is 0.944. The Morgan fingerprint density at radius 2 is 1.83 bits per heavy atom. The summed E-state index contributed by atoms with van der Waals surface area (Å²) in [5.74, 6) is 0. The third-order valence-electron chi connectivity index (χ3n) is 6.27. The molecule has 3 aliphatic rings. The first kappa shape index (κ1) is 17.0. The number of aliphatic hydroxyl groups is 1. The number of hydrogen-bond donors (Lipinski definition) is 3. The molecular weight excluding hydrogens is 292 g/mol. The van der Waals surface area contributed by atoms with Gasteiger partial charge in [-0.3, -0.25) is 0 Å². The summed E-state index contributed by atoms with van der Waals surface area (Å²) in [5, 5.41) is 15.9. The van der Waals surface area contributed by atoms with Gasteiger partial charge in [-0.15, -0.1) is 0 Å². The van der Waals surface area contributed by atoms with E-state index in [0.29, 0.717) is 6.10 Å². The molecule has 0 aromatic heterocycles. The lowest BCUT2D eigenvalue weighted by molar-refractivity contribution is -0.146. The van der Waals surface area contributed by atoms with Crippen LogP contribution in [-0.4, -0.2) is 42.0 Å². The maximum absolute atomic E-state index is 12.4. The van der Waals surface area contributed by atoms with Gasteiger partial charge in [0, 0.05) is 24.1 Å². The summed E-state index contributed by atoms with van der Waals surface area (Å²) in [6.07, 6.45) is 10.6. The van der Waals surface area contributed by atoms with Gasteiger partial charge in [-0.2, -0.15) is 0 Å². The highest BCUT2D eigenvalue weighted by molar-refractivity contribution is 5.75. The molecule has 2 amide bonds. The topological polar surface area (TPSA) is 70.6 Å². The van der Waals surface area contributed by atoms with Crippen LogP contribution in [0.25, 0.3) is 0 Å². The Balaban J connectivity index is 1.51. The molecule has 2 atom stereocenters. The third-order valence-corrected chi connectivity index (χ3v) is 6.27. The van der Waals surface area contributed by atoms with E-state index in [0.717, 1.165) is 38.7 Å². The molecule has 5 nitrogen and oxygen atoms in total. The molecule has 23 heavy (non-hydrogen) atoms. The number of rotatable bonds is 4. The fourth-order valence-electron chi connectivity index (χ4n) is 4.87. The van der Waals surface area contributed by atoms with Crippen molar-refractivity contribution in [2.75, 3.05) is 6.61 Å². The van der Waals surface area contributed by atoms with Gasteiger partial charge in [0.1, 0.15) is 0 Å². The molecular formula is C18H32N2O3. The molecule has 0 heterocycles. The minimum atomic E-state index is -0.180. The number of hydrogen-bond acceptors (Lipinski definition) is 3. The molecule has 3 saturated carbocycles. The van der Waals surface area contributed by atoms with E-state index in [-0.39, 0.29) is 29.6 Å². The molecule has 3 fully saturated rings. The Hall–Kier alpha value is -0.810. The highest BCUT2D eigenvalue weighted by Crippen LogP contribution is 2.53. The molecule has 3 rings (SSSR count). The largest absolute Gasteiger partial charge is 0.393 e.